The van der Waals surface area contributed by atoms with E-state index in [1.54, 1.807) is 19.1 Å². The number of amides is 1. The minimum absolute atomic E-state index is 0.0989. The van der Waals surface area contributed by atoms with Gasteiger partial charge >= 0.3 is 0 Å². The second-order valence-electron chi connectivity index (χ2n) is 8.02. The highest BCUT2D eigenvalue weighted by Gasteiger charge is 2.28. The van der Waals surface area contributed by atoms with E-state index in [2.05, 4.69) is 15.5 Å². The summed E-state index contributed by atoms with van der Waals surface area (Å²) >= 11 is 2.60. The summed E-state index contributed by atoms with van der Waals surface area (Å²) in [6, 6.07) is 19.7. The van der Waals surface area contributed by atoms with Crippen LogP contribution in [0.2, 0.25) is 0 Å². The third-order valence-electron chi connectivity index (χ3n) is 5.50. The number of sulfonamides is 1. The summed E-state index contributed by atoms with van der Waals surface area (Å²) in [7, 11) is -2.59. The molecule has 8 nitrogen and oxygen atoms in total. The standard InChI is InChI=1S/C26H25FN4O4S3/c1-3-31(16-18-7-5-4-6-8-18)38(33,34)23-15-20(11-14-22(23)35-2)24(32)28-25-29-30-26(37-25)36-17-19-9-12-21(27)13-10-19/h4-15H,3,16-17H2,1-2H3,(H,28,29,32). The fraction of sp³-hybridized carbons (Fsp3) is 0.192. The maximum atomic E-state index is 13.6. The zero-order valence-electron chi connectivity index (χ0n) is 20.6. The lowest BCUT2D eigenvalue weighted by Gasteiger charge is -2.22. The number of hydrogen-bond donors (Lipinski definition) is 1. The number of carbonyl (C=O) groups excluding carboxylic acids is 1. The number of benzene rings is 3. The van der Waals surface area contributed by atoms with E-state index in [1.807, 2.05) is 30.3 Å². The van der Waals surface area contributed by atoms with Gasteiger partial charge in [0.05, 0.1) is 7.11 Å². The van der Waals surface area contributed by atoms with Crippen LogP contribution in [0.25, 0.3) is 0 Å². The van der Waals surface area contributed by atoms with Gasteiger partial charge in [-0.05, 0) is 41.5 Å². The summed E-state index contributed by atoms with van der Waals surface area (Å²) in [4.78, 5) is 12.9. The fourth-order valence-electron chi connectivity index (χ4n) is 3.53. The number of ether oxygens (including phenoxy) is 1. The van der Waals surface area contributed by atoms with Crippen LogP contribution in [0.5, 0.6) is 5.75 Å². The first-order valence-corrected chi connectivity index (χ1v) is 14.8. The quantitative estimate of drug-likeness (QED) is 0.189. The van der Waals surface area contributed by atoms with Crippen molar-refractivity contribution in [1.82, 2.24) is 14.5 Å². The first-order chi connectivity index (χ1) is 18.3. The van der Waals surface area contributed by atoms with Crippen LogP contribution >= 0.6 is 23.1 Å². The molecule has 198 valence electrons. The Labute approximate surface area is 228 Å². The predicted molar refractivity (Wildman–Crippen MR) is 147 cm³/mol. The van der Waals surface area contributed by atoms with Gasteiger partial charge in [0.15, 0.2) is 4.34 Å². The highest BCUT2D eigenvalue weighted by Crippen LogP contribution is 2.31. The molecule has 0 atom stereocenters. The maximum absolute atomic E-state index is 13.6. The fourth-order valence-corrected chi connectivity index (χ4v) is 6.85. The van der Waals surface area contributed by atoms with E-state index in [1.165, 1.54) is 64.8 Å². The highest BCUT2D eigenvalue weighted by atomic mass is 32.2. The molecular weight excluding hydrogens is 548 g/mol. The van der Waals surface area contributed by atoms with Gasteiger partial charge < -0.3 is 4.74 Å². The molecule has 1 aromatic heterocycles. The zero-order valence-corrected chi connectivity index (χ0v) is 23.1. The largest absolute Gasteiger partial charge is 0.495 e. The van der Waals surface area contributed by atoms with E-state index in [9.17, 15) is 17.6 Å². The Morgan fingerprint density at radius 2 is 1.79 bits per heavy atom. The van der Waals surface area contributed by atoms with Crippen molar-refractivity contribution in [3.8, 4) is 5.75 Å². The normalized spacial score (nSPS) is 11.5. The Hall–Kier alpha value is -3.32. The lowest BCUT2D eigenvalue weighted by molar-refractivity contribution is 0.102. The van der Waals surface area contributed by atoms with Gasteiger partial charge in [-0.3, -0.25) is 10.1 Å². The molecule has 38 heavy (non-hydrogen) atoms. The van der Waals surface area contributed by atoms with Gasteiger partial charge in [-0.25, -0.2) is 12.8 Å². The topological polar surface area (TPSA) is 101 Å². The van der Waals surface area contributed by atoms with Crippen molar-refractivity contribution >= 4 is 44.2 Å². The SMILES string of the molecule is CCN(Cc1ccccc1)S(=O)(=O)c1cc(C(=O)Nc2nnc(SCc3ccc(F)cc3)s2)ccc1OC. The van der Waals surface area contributed by atoms with Crippen LogP contribution in [0.15, 0.2) is 82.0 Å². The Balaban J connectivity index is 1.49. The van der Waals surface area contributed by atoms with Crippen molar-refractivity contribution in [2.24, 2.45) is 0 Å². The predicted octanol–water partition coefficient (Wildman–Crippen LogP) is 5.44. The molecule has 4 rings (SSSR count). The smallest absolute Gasteiger partial charge is 0.257 e. The molecule has 1 amide bonds. The number of hydrogen-bond acceptors (Lipinski definition) is 8. The number of rotatable bonds is 11. The first kappa shape index (κ1) is 27.7. The van der Waals surface area contributed by atoms with Crippen molar-refractivity contribution < 1.29 is 22.3 Å². The van der Waals surface area contributed by atoms with Crippen LogP contribution in [-0.2, 0) is 22.3 Å². The molecule has 1 heterocycles. The minimum Gasteiger partial charge on any atom is -0.495 e. The van der Waals surface area contributed by atoms with Gasteiger partial charge in [0.25, 0.3) is 5.91 Å². The summed E-state index contributed by atoms with van der Waals surface area (Å²) in [5.74, 6) is -0.114. The van der Waals surface area contributed by atoms with Gasteiger partial charge in [-0.2, -0.15) is 4.31 Å². The number of carbonyl (C=O) groups is 1. The van der Waals surface area contributed by atoms with Crippen LogP contribution in [0.3, 0.4) is 0 Å². The third kappa shape index (κ3) is 6.76. The second kappa shape index (κ2) is 12.5. The molecule has 0 radical (unpaired) electrons. The van der Waals surface area contributed by atoms with E-state index >= 15 is 0 Å². The molecule has 0 aliphatic carbocycles. The van der Waals surface area contributed by atoms with E-state index < -0.39 is 15.9 Å². The van der Waals surface area contributed by atoms with Gasteiger partial charge in [0.1, 0.15) is 16.5 Å². The minimum atomic E-state index is -3.98. The molecule has 0 bridgehead atoms. The summed E-state index contributed by atoms with van der Waals surface area (Å²) in [5.41, 5.74) is 1.91. The highest BCUT2D eigenvalue weighted by molar-refractivity contribution is 8.00. The Morgan fingerprint density at radius 3 is 2.47 bits per heavy atom. The third-order valence-corrected chi connectivity index (χ3v) is 9.49. The van der Waals surface area contributed by atoms with Crippen molar-refractivity contribution in [2.45, 2.75) is 28.5 Å². The van der Waals surface area contributed by atoms with Crippen LogP contribution in [0.4, 0.5) is 9.52 Å². The number of nitrogens with zero attached hydrogens (tertiary/aromatic N) is 3. The van der Waals surface area contributed by atoms with Gasteiger partial charge in [-0.15, -0.1) is 10.2 Å². The van der Waals surface area contributed by atoms with E-state index in [4.69, 9.17) is 4.74 Å². The average Bonchev–Trinajstić information content (AvgIpc) is 3.38. The Kier molecular flexibility index (Phi) is 9.10. The maximum Gasteiger partial charge on any atom is 0.257 e. The van der Waals surface area contributed by atoms with Crippen LogP contribution in [0.1, 0.15) is 28.4 Å². The molecule has 12 heteroatoms. The number of halogens is 1. The molecule has 0 aliphatic rings. The Morgan fingerprint density at radius 1 is 1.05 bits per heavy atom. The molecule has 0 aliphatic heterocycles. The molecular formula is C26H25FN4O4S3. The summed E-state index contributed by atoms with van der Waals surface area (Å²) in [5, 5.41) is 11.0. The number of anilines is 1. The number of methoxy groups -OCH3 is 1. The number of aromatic nitrogens is 2. The molecule has 0 saturated heterocycles. The number of nitrogens with one attached hydrogen (secondary N) is 1. The van der Waals surface area contributed by atoms with Gasteiger partial charge in [0.2, 0.25) is 15.2 Å². The molecule has 0 saturated carbocycles. The first-order valence-electron chi connectivity index (χ1n) is 11.5. The zero-order chi connectivity index (χ0) is 27.1. The van der Waals surface area contributed by atoms with E-state index in [0.717, 1.165) is 11.1 Å². The van der Waals surface area contributed by atoms with Crippen LogP contribution < -0.4 is 10.1 Å². The van der Waals surface area contributed by atoms with Gasteiger partial charge in [-0.1, -0.05) is 72.5 Å². The van der Waals surface area contributed by atoms with Crippen molar-refractivity contribution in [3.63, 3.8) is 0 Å². The Bertz CT molecular complexity index is 1500. The molecule has 3 aromatic carbocycles. The summed E-state index contributed by atoms with van der Waals surface area (Å²) in [6.07, 6.45) is 0. The van der Waals surface area contributed by atoms with Crippen molar-refractivity contribution in [3.05, 3.63) is 95.3 Å². The van der Waals surface area contributed by atoms with E-state index in [0.29, 0.717) is 10.1 Å². The lowest BCUT2D eigenvalue weighted by Crippen LogP contribution is -2.31. The molecule has 0 spiro atoms. The molecule has 1 N–H and O–H groups in total. The summed E-state index contributed by atoms with van der Waals surface area (Å²) in [6.45, 7) is 2.17. The van der Waals surface area contributed by atoms with Gasteiger partial charge in [0, 0.05) is 24.4 Å². The van der Waals surface area contributed by atoms with E-state index in [-0.39, 0.29) is 40.2 Å². The van der Waals surface area contributed by atoms with Crippen LogP contribution in [0, 0.1) is 5.82 Å². The van der Waals surface area contributed by atoms with Crippen molar-refractivity contribution in [1.29, 1.82) is 0 Å². The summed E-state index contributed by atoms with van der Waals surface area (Å²) < 4.78 is 47.5. The van der Waals surface area contributed by atoms with Crippen LogP contribution in [-0.4, -0.2) is 42.5 Å². The molecule has 0 fully saturated rings. The molecule has 4 aromatic rings. The second-order valence-corrected chi connectivity index (χ2v) is 12.1. The number of thioether (sulfide) groups is 1. The monoisotopic (exact) mass is 572 g/mol. The average molecular weight is 573 g/mol. The lowest BCUT2D eigenvalue weighted by atomic mass is 10.2. The van der Waals surface area contributed by atoms with Crippen molar-refractivity contribution in [2.75, 3.05) is 19.0 Å². The molecule has 0 unspecified atom stereocenters.